The number of fused-ring (bicyclic) bond motifs is 1. The molecule has 3 fully saturated rings. The predicted molar refractivity (Wildman–Crippen MR) is 130 cm³/mol. The third-order valence-corrected chi connectivity index (χ3v) is 6.77. The first-order chi connectivity index (χ1) is 16.9. The molecule has 0 bridgehead atoms. The maximum atomic E-state index is 12.6. The van der Waals surface area contributed by atoms with Crippen LogP contribution in [0, 0.1) is 6.92 Å². The summed E-state index contributed by atoms with van der Waals surface area (Å²) in [4.78, 5) is 39.3. The van der Waals surface area contributed by atoms with Gasteiger partial charge in [-0.05, 0) is 52.6 Å². The highest BCUT2D eigenvalue weighted by Crippen LogP contribution is 2.41. The summed E-state index contributed by atoms with van der Waals surface area (Å²) >= 11 is 0. The number of amides is 2. The molecular formula is C24H34N8O3. The number of hydrogen-bond acceptors (Lipinski definition) is 8. The Morgan fingerprint density at radius 2 is 1.89 bits per heavy atom. The molecule has 1 aliphatic carbocycles. The normalized spacial score (nSPS) is 19.5. The summed E-state index contributed by atoms with van der Waals surface area (Å²) in [6, 6.07) is 0.191. The first kappa shape index (κ1) is 23.5. The molecule has 11 nitrogen and oxygen atoms in total. The zero-order valence-corrected chi connectivity index (χ0v) is 20.7. The van der Waals surface area contributed by atoms with Crippen molar-refractivity contribution in [3.05, 3.63) is 29.7 Å². The smallest absolute Gasteiger partial charge is 0.410 e. The number of aromatic nitrogens is 4. The van der Waals surface area contributed by atoms with Gasteiger partial charge in [0.05, 0.1) is 19.3 Å². The number of nitrogens with one attached hydrogen (secondary N) is 1. The number of ether oxygens (including phenoxy) is 1. The van der Waals surface area contributed by atoms with Crippen LogP contribution in [0.3, 0.4) is 0 Å². The van der Waals surface area contributed by atoms with Crippen LogP contribution in [-0.4, -0.2) is 105 Å². The molecule has 0 aromatic carbocycles. The Hall–Kier alpha value is -3.21. The standard InChI is InChI=1S/C24H34N8O3/c1-16-26-22-20(17-6-7-17)13-25-32(22)23(27-16)28-18-8-11-30(12-9-18)24(34)35-19-14-31(15-19)21(33)5-4-10-29(2)3/h4-5,13,17-19H,6-12,14-15H2,1-3H3,(H,26,27,28)/b5-4+. The Balaban J connectivity index is 1.08. The Morgan fingerprint density at radius 1 is 1.14 bits per heavy atom. The second-order valence-corrected chi connectivity index (χ2v) is 10.0. The molecule has 2 aromatic rings. The Bertz CT molecular complexity index is 1110. The molecule has 188 valence electrons. The van der Waals surface area contributed by atoms with Gasteiger partial charge in [-0.2, -0.15) is 14.6 Å². The van der Waals surface area contributed by atoms with Crippen molar-refractivity contribution in [3.8, 4) is 0 Å². The molecule has 0 spiro atoms. The molecule has 2 aliphatic heterocycles. The Kier molecular flexibility index (Phi) is 6.59. The van der Waals surface area contributed by atoms with Crippen molar-refractivity contribution in [3.63, 3.8) is 0 Å². The van der Waals surface area contributed by atoms with Crippen LogP contribution in [0.1, 0.15) is 43.0 Å². The van der Waals surface area contributed by atoms with Crippen molar-refractivity contribution in [2.75, 3.05) is 52.1 Å². The van der Waals surface area contributed by atoms with Gasteiger partial charge in [-0.25, -0.2) is 9.78 Å². The van der Waals surface area contributed by atoms with E-state index in [9.17, 15) is 9.59 Å². The Morgan fingerprint density at radius 3 is 2.57 bits per heavy atom. The molecule has 11 heteroatoms. The average molecular weight is 483 g/mol. The predicted octanol–water partition coefficient (Wildman–Crippen LogP) is 1.65. The van der Waals surface area contributed by atoms with Crippen molar-refractivity contribution < 1.29 is 14.3 Å². The van der Waals surface area contributed by atoms with Crippen LogP contribution >= 0.6 is 0 Å². The number of likely N-dealkylation sites (tertiary alicyclic amines) is 2. The number of rotatable bonds is 7. The molecular weight excluding hydrogens is 448 g/mol. The van der Waals surface area contributed by atoms with E-state index in [0.717, 1.165) is 24.3 Å². The van der Waals surface area contributed by atoms with E-state index in [-0.39, 0.29) is 24.1 Å². The number of carbonyl (C=O) groups is 2. The van der Waals surface area contributed by atoms with Crippen LogP contribution in [0.5, 0.6) is 0 Å². The Labute approximate surface area is 205 Å². The minimum Gasteiger partial charge on any atom is -0.442 e. The highest BCUT2D eigenvalue weighted by molar-refractivity contribution is 5.88. The lowest BCUT2D eigenvalue weighted by Gasteiger charge is -2.39. The van der Waals surface area contributed by atoms with Gasteiger partial charge in [-0.1, -0.05) is 6.08 Å². The van der Waals surface area contributed by atoms with E-state index in [0.29, 0.717) is 44.6 Å². The van der Waals surface area contributed by atoms with E-state index in [1.165, 1.54) is 18.4 Å². The van der Waals surface area contributed by atoms with Gasteiger partial charge in [0.25, 0.3) is 0 Å². The lowest BCUT2D eigenvalue weighted by Crippen LogP contribution is -2.56. The molecule has 2 aromatic heterocycles. The number of nitrogens with zero attached hydrogens (tertiary/aromatic N) is 7. The number of anilines is 1. The maximum absolute atomic E-state index is 12.6. The second kappa shape index (κ2) is 9.80. The fraction of sp³-hybridized carbons (Fsp3) is 0.625. The first-order valence-electron chi connectivity index (χ1n) is 12.4. The molecule has 1 saturated carbocycles. The van der Waals surface area contributed by atoms with Crippen LogP contribution < -0.4 is 5.32 Å². The van der Waals surface area contributed by atoms with Crippen LogP contribution in [0.2, 0.25) is 0 Å². The van der Waals surface area contributed by atoms with Crippen LogP contribution in [0.15, 0.2) is 18.3 Å². The third kappa shape index (κ3) is 5.39. The lowest BCUT2D eigenvalue weighted by molar-refractivity contribution is -0.136. The monoisotopic (exact) mass is 482 g/mol. The lowest BCUT2D eigenvalue weighted by atomic mass is 10.1. The van der Waals surface area contributed by atoms with Crippen LogP contribution in [-0.2, 0) is 9.53 Å². The molecule has 1 N–H and O–H groups in total. The van der Waals surface area contributed by atoms with Gasteiger partial charge >= 0.3 is 6.09 Å². The van der Waals surface area contributed by atoms with Gasteiger partial charge in [0.2, 0.25) is 11.9 Å². The van der Waals surface area contributed by atoms with Gasteiger partial charge in [0.15, 0.2) is 5.65 Å². The van der Waals surface area contributed by atoms with Crippen molar-refractivity contribution in [2.24, 2.45) is 0 Å². The number of likely N-dealkylation sites (N-methyl/N-ethyl adjacent to an activating group) is 1. The zero-order valence-electron chi connectivity index (χ0n) is 20.7. The quantitative estimate of drug-likeness (QED) is 0.594. The summed E-state index contributed by atoms with van der Waals surface area (Å²) in [5.41, 5.74) is 2.10. The summed E-state index contributed by atoms with van der Waals surface area (Å²) in [5.74, 6) is 1.97. The molecule has 0 radical (unpaired) electrons. The van der Waals surface area contributed by atoms with E-state index in [2.05, 4.69) is 20.4 Å². The SMILES string of the molecule is Cc1nc(NC2CCN(C(=O)OC3CN(C(=O)/C=C/CN(C)C)C3)CC2)n2ncc(C3CC3)c2n1. The summed E-state index contributed by atoms with van der Waals surface area (Å²) < 4.78 is 7.42. The number of hydrogen-bond donors (Lipinski definition) is 1. The molecule has 0 unspecified atom stereocenters. The van der Waals surface area contributed by atoms with Gasteiger partial charge in [-0.3, -0.25) is 4.79 Å². The second-order valence-electron chi connectivity index (χ2n) is 10.0. The highest BCUT2D eigenvalue weighted by Gasteiger charge is 2.35. The third-order valence-electron chi connectivity index (χ3n) is 6.77. The molecule has 0 atom stereocenters. The van der Waals surface area contributed by atoms with Crippen molar-refractivity contribution in [1.29, 1.82) is 0 Å². The number of piperidine rings is 1. The molecule has 2 amide bonds. The molecule has 4 heterocycles. The highest BCUT2D eigenvalue weighted by atomic mass is 16.6. The molecule has 3 aliphatic rings. The zero-order chi connectivity index (χ0) is 24.5. The van der Waals surface area contributed by atoms with Crippen molar-refractivity contribution >= 4 is 23.6 Å². The van der Waals surface area contributed by atoms with Crippen LogP contribution in [0.25, 0.3) is 5.65 Å². The summed E-state index contributed by atoms with van der Waals surface area (Å²) in [7, 11) is 3.90. The van der Waals surface area contributed by atoms with E-state index in [1.807, 2.05) is 38.2 Å². The summed E-state index contributed by atoms with van der Waals surface area (Å²) in [6.07, 6.45) is 8.79. The van der Waals surface area contributed by atoms with Crippen molar-refractivity contribution in [2.45, 2.75) is 50.7 Å². The summed E-state index contributed by atoms with van der Waals surface area (Å²) in [5, 5.41) is 8.05. The van der Waals surface area contributed by atoms with E-state index >= 15 is 0 Å². The van der Waals surface area contributed by atoms with E-state index in [1.54, 1.807) is 20.4 Å². The first-order valence-corrected chi connectivity index (χ1v) is 12.4. The van der Waals surface area contributed by atoms with Gasteiger partial charge in [-0.15, -0.1) is 0 Å². The maximum Gasteiger partial charge on any atom is 0.410 e. The van der Waals surface area contributed by atoms with E-state index in [4.69, 9.17) is 4.74 Å². The van der Waals surface area contributed by atoms with Gasteiger partial charge in [0.1, 0.15) is 11.9 Å². The minimum absolute atomic E-state index is 0.0402. The molecule has 2 saturated heterocycles. The number of carbonyl (C=O) groups excluding carboxylic acids is 2. The largest absolute Gasteiger partial charge is 0.442 e. The van der Waals surface area contributed by atoms with Gasteiger partial charge in [0, 0.05) is 37.3 Å². The minimum atomic E-state index is -0.301. The molecule has 35 heavy (non-hydrogen) atoms. The molecule has 5 rings (SSSR count). The van der Waals surface area contributed by atoms with Crippen LogP contribution in [0.4, 0.5) is 10.7 Å². The van der Waals surface area contributed by atoms with Gasteiger partial charge < -0.3 is 24.8 Å². The fourth-order valence-corrected chi connectivity index (χ4v) is 4.54. The fourth-order valence-electron chi connectivity index (χ4n) is 4.54. The average Bonchev–Trinajstić information content (AvgIpc) is 3.55. The number of aryl methyl sites for hydroxylation is 1. The van der Waals surface area contributed by atoms with E-state index < -0.39 is 0 Å². The van der Waals surface area contributed by atoms with Crippen molar-refractivity contribution in [1.82, 2.24) is 34.3 Å². The summed E-state index contributed by atoms with van der Waals surface area (Å²) in [6.45, 7) is 4.74. The topological polar surface area (TPSA) is 108 Å².